The van der Waals surface area contributed by atoms with Crippen molar-refractivity contribution in [2.45, 2.75) is 25.3 Å². The highest BCUT2D eigenvalue weighted by Crippen LogP contribution is 2.43. The van der Waals surface area contributed by atoms with Crippen LogP contribution in [0.3, 0.4) is 0 Å². The van der Waals surface area contributed by atoms with E-state index in [1.54, 1.807) is 11.8 Å². The van der Waals surface area contributed by atoms with Crippen molar-refractivity contribution in [3.8, 4) is 0 Å². The van der Waals surface area contributed by atoms with Gasteiger partial charge in [0.05, 0.1) is 5.41 Å². The zero-order valence-corrected chi connectivity index (χ0v) is 8.06. The lowest BCUT2D eigenvalue weighted by Crippen LogP contribution is -2.51. The van der Waals surface area contributed by atoms with E-state index in [2.05, 4.69) is 0 Å². The topological polar surface area (TPSA) is 63.3 Å². The molecular weight excluding hydrogens is 174 g/mol. The van der Waals surface area contributed by atoms with Crippen LogP contribution in [0.1, 0.15) is 19.3 Å². The van der Waals surface area contributed by atoms with E-state index in [9.17, 15) is 4.79 Å². The highest BCUT2D eigenvalue weighted by atomic mass is 32.2. The van der Waals surface area contributed by atoms with Crippen molar-refractivity contribution in [3.63, 3.8) is 0 Å². The normalized spacial score (nSPS) is 34.3. The summed E-state index contributed by atoms with van der Waals surface area (Å²) in [6, 6.07) is 0.114. The zero-order valence-electron chi connectivity index (χ0n) is 7.25. The van der Waals surface area contributed by atoms with Gasteiger partial charge >= 0.3 is 5.97 Å². The van der Waals surface area contributed by atoms with Crippen LogP contribution in [0, 0.1) is 5.41 Å². The molecule has 0 amide bonds. The molecule has 1 aliphatic rings. The summed E-state index contributed by atoms with van der Waals surface area (Å²) in [7, 11) is 0. The Morgan fingerprint density at radius 1 is 1.75 bits per heavy atom. The number of hydrogen-bond donors (Lipinski definition) is 2. The van der Waals surface area contributed by atoms with Crippen molar-refractivity contribution < 1.29 is 9.90 Å². The van der Waals surface area contributed by atoms with Crippen LogP contribution in [0.4, 0.5) is 0 Å². The average Bonchev–Trinajstić information content (AvgIpc) is 1.95. The van der Waals surface area contributed by atoms with E-state index < -0.39 is 11.4 Å². The quantitative estimate of drug-likeness (QED) is 0.690. The van der Waals surface area contributed by atoms with Crippen molar-refractivity contribution in [2.75, 3.05) is 12.0 Å². The predicted molar refractivity (Wildman–Crippen MR) is 50.3 cm³/mol. The Bertz CT molecular complexity index is 178. The van der Waals surface area contributed by atoms with Gasteiger partial charge in [-0.15, -0.1) is 0 Å². The summed E-state index contributed by atoms with van der Waals surface area (Å²) >= 11 is 1.69. The van der Waals surface area contributed by atoms with Crippen LogP contribution in [0.15, 0.2) is 0 Å². The van der Waals surface area contributed by atoms with E-state index in [0.717, 1.165) is 12.2 Å². The molecule has 0 heterocycles. The van der Waals surface area contributed by atoms with Gasteiger partial charge in [-0.05, 0) is 31.3 Å². The first kappa shape index (κ1) is 9.86. The van der Waals surface area contributed by atoms with Gasteiger partial charge in [-0.25, -0.2) is 0 Å². The van der Waals surface area contributed by atoms with Gasteiger partial charge in [0.1, 0.15) is 0 Å². The molecule has 0 aromatic rings. The number of carbonyl (C=O) groups is 1. The molecule has 70 valence electrons. The minimum absolute atomic E-state index is 0.114. The molecular formula is C8H15NO2S. The first-order valence-corrected chi connectivity index (χ1v) is 5.48. The molecule has 0 spiro atoms. The molecule has 0 saturated heterocycles. The SMILES string of the molecule is CSCCC1(C(=O)O)CC(N)C1. The molecule has 4 heteroatoms. The lowest BCUT2D eigenvalue weighted by molar-refractivity contribution is -0.155. The van der Waals surface area contributed by atoms with E-state index in [1.807, 2.05) is 6.26 Å². The summed E-state index contributed by atoms with van der Waals surface area (Å²) in [4.78, 5) is 10.9. The van der Waals surface area contributed by atoms with Crippen molar-refractivity contribution >= 4 is 17.7 Å². The van der Waals surface area contributed by atoms with Gasteiger partial charge in [-0.1, -0.05) is 0 Å². The van der Waals surface area contributed by atoms with Crippen LogP contribution in [-0.2, 0) is 4.79 Å². The third-order valence-electron chi connectivity index (χ3n) is 2.54. The fourth-order valence-electron chi connectivity index (χ4n) is 1.73. The predicted octanol–water partition coefficient (Wildman–Crippen LogP) is 0.932. The van der Waals surface area contributed by atoms with Gasteiger partial charge in [0.2, 0.25) is 0 Å². The second-order valence-corrected chi connectivity index (χ2v) is 4.48. The number of rotatable bonds is 4. The summed E-state index contributed by atoms with van der Waals surface area (Å²) in [6.07, 6.45) is 4.07. The number of aliphatic carboxylic acids is 1. The van der Waals surface area contributed by atoms with Crippen molar-refractivity contribution in [2.24, 2.45) is 11.1 Å². The first-order valence-electron chi connectivity index (χ1n) is 4.09. The van der Waals surface area contributed by atoms with E-state index in [1.165, 1.54) is 0 Å². The van der Waals surface area contributed by atoms with E-state index in [0.29, 0.717) is 12.8 Å². The molecule has 1 rings (SSSR count). The zero-order chi connectivity index (χ0) is 9.19. The third kappa shape index (κ3) is 1.75. The van der Waals surface area contributed by atoms with Crippen LogP contribution < -0.4 is 5.73 Å². The number of carboxylic acid groups (broad SMARTS) is 1. The van der Waals surface area contributed by atoms with Crippen LogP contribution >= 0.6 is 11.8 Å². The van der Waals surface area contributed by atoms with Gasteiger partial charge < -0.3 is 10.8 Å². The molecule has 0 unspecified atom stereocenters. The van der Waals surface area contributed by atoms with Gasteiger partial charge in [0.15, 0.2) is 0 Å². The van der Waals surface area contributed by atoms with Crippen molar-refractivity contribution in [1.29, 1.82) is 0 Å². The Morgan fingerprint density at radius 2 is 2.33 bits per heavy atom. The molecule has 3 nitrogen and oxygen atoms in total. The molecule has 1 fully saturated rings. The van der Waals surface area contributed by atoms with Gasteiger partial charge in [0.25, 0.3) is 0 Å². The fourth-order valence-corrected chi connectivity index (χ4v) is 2.32. The Kier molecular flexibility index (Phi) is 3.01. The molecule has 12 heavy (non-hydrogen) atoms. The average molecular weight is 189 g/mol. The molecule has 0 aromatic carbocycles. The highest BCUT2D eigenvalue weighted by Gasteiger charge is 2.48. The summed E-state index contributed by atoms with van der Waals surface area (Å²) in [6.45, 7) is 0. The second kappa shape index (κ2) is 3.66. The largest absolute Gasteiger partial charge is 0.481 e. The van der Waals surface area contributed by atoms with E-state index >= 15 is 0 Å². The first-order chi connectivity index (χ1) is 5.60. The summed E-state index contributed by atoms with van der Waals surface area (Å²) in [5.74, 6) is 0.247. The van der Waals surface area contributed by atoms with Crippen LogP contribution in [0.25, 0.3) is 0 Å². The number of nitrogens with two attached hydrogens (primary N) is 1. The van der Waals surface area contributed by atoms with Crippen LogP contribution in [-0.4, -0.2) is 29.1 Å². The minimum atomic E-state index is -0.668. The maximum Gasteiger partial charge on any atom is 0.309 e. The maximum atomic E-state index is 10.9. The van der Waals surface area contributed by atoms with E-state index in [4.69, 9.17) is 10.8 Å². The Labute approximate surface area is 76.7 Å². The smallest absolute Gasteiger partial charge is 0.309 e. The number of thioether (sulfide) groups is 1. The van der Waals surface area contributed by atoms with Crippen molar-refractivity contribution in [3.05, 3.63) is 0 Å². The summed E-state index contributed by atoms with van der Waals surface area (Å²) < 4.78 is 0. The summed E-state index contributed by atoms with van der Waals surface area (Å²) in [5.41, 5.74) is 5.11. The van der Waals surface area contributed by atoms with Gasteiger partial charge in [-0.3, -0.25) is 4.79 Å². The number of hydrogen-bond acceptors (Lipinski definition) is 3. The molecule has 0 atom stereocenters. The highest BCUT2D eigenvalue weighted by molar-refractivity contribution is 7.98. The van der Waals surface area contributed by atoms with Crippen LogP contribution in [0.2, 0.25) is 0 Å². The Morgan fingerprint density at radius 3 is 2.67 bits per heavy atom. The standard InChI is InChI=1S/C8H15NO2S/c1-12-3-2-8(7(10)11)4-6(9)5-8/h6H,2-5,9H2,1H3,(H,10,11). The van der Waals surface area contributed by atoms with E-state index in [-0.39, 0.29) is 6.04 Å². The van der Waals surface area contributed by atoms with Gasteiger partial charge in [-0.2, -0.15) is 11.8 Å². The molecule has 3 N–H and O–H groups in total. The van der Waals surface area contributed by atoms with Crippen molar-refractivity contribution in [1.82, 2.24) is 0 Å². The fraction of sp³-hybridized carbons (Fsp3) is 0.875. The van der Waals surface area contributed by atoms with Gasteiger partial charge in [0, 0.05) is 6.04 Å². The number of carboxylic acids is 1. The lowest BCUT2D eigenvalue weighted by atomic mass is 9.64. The lowest BCUT2D eigenvalue weighted by Gasteiger charge is -2.42. The van der Waals surface area contributed by atoms with Crippen LogP contribution in [0.5, 0.6) is 0 Å². The molecule has 0 aromatic heterocycles. The maximum absolute atomic E-state index is 10.9. The third-order valence-corrected chi connectivity index (χ3v) is 3.16. The molecule has 0 bridgehead atoms. The molecule has 0 radical (unpaired) electrons. The molecule has 1 saturated carbocycles. The Hall–Kier alpha value is -0.220. The second-order valence-electron chi connectivity index (χ2n) is 3.50. The molecule has 0 aliphatic heterocycles. The Balaban J connectivity index is 2.45. The molecule has 1 aliphatic carbocycles. The summed E-state index contributed by atoms with van der Waals surface area (Å²) in [5, 5.41) is 8.96. The monoisotopic (exact) mass is 189 g/mol. The minimum Gasteiger partial charge on any atom is -0.481 e.